The van der Waals surface area contributed by atoms with E-state index in [0.29, 0.717) is 23.7 Å². The van der Waals surface area contributed by atoms with Gasteiger partial charge in [0.25, 0.3) is 5.91 Å². The Bertz CT molecular complexity index is 950. The van der Waals surface area contributed by atoms with Crippen molar-refractivity contribution in [1.29, 1.82) is 0 Å². The third-order valence-corrected chi connectivity index (χ3v) is 3.88. The highest BCUT2D eigenvalue weighted by atomic mass is 16.5. The van der Waals surface area contributed by atoms with Gasteiger partial charge in [0.15, 0.2) is 11.5 Å². The van der Waals surface area contributed by atoms with E-state index in [1.54, 1.807) is 30.3 Å². The summed E-state index contributed by atoms with van der Waals surface area (Å²) in [6, 6.07) is 10.7. The molecule has 28 heavy (non-hydrogen) atoms. The Morgan fingerprint density at radius 3 is 2.39 bits per heavy atom. The second kappa shape index (κ2) is 8.26. The van der Waals surface area contributed by atoms with Gasteiger partial charge in [-0.2, -0.15) is 0 Å². The molecule has 0 saturated carbocycles. The van der Waals surface area contributed by atoms with E-state index in [4.69, 9.17) is 9.47 Å². The van der Waals surface area contributed by atoms with E-state index in [-0.39, 0.29) is 17.9 Å². The van der Waals surface area contributed by atoms with Gasteiger partial charge >= 0.3 is 6.03 Å². The van der Waals surface area contributed by atoms with Gasteiger partial charge in [-0.05, 0) is 41.8 Å². The van der Waals surface area contributed by atoms with Crippen molar-refractivity contribution in [3.63, 3.8) is 0 Å². The van der Waals surface area contributed by atoms with Gasteiger partial charge in [0.2, 0.25) is 0 Å². The number of ether oxygens (including phenoxy) is 2. The summed E-state index contributed by atoms with van der Waals surface area (Å²) in [5.74, 6) is -0.757. The molecule has 2 aromatic rings. The van der Waals surface area contributed by atoms with Gasteiger partial charge in [-0.25, -0.2) is 4.79 Å². The van der Waals surface area contributed by atoms with Gasteiger partial charge in [-0.1, -0.05) is 30.3 Å². The molecule has 1 aliphatic heterocycles. The van der Waals surface area contributed by atoms with Gasteiger partial charge in [-0.3, -0.25) is 10.1 Å². The van der Waals surface area contributed by atoms with Crippen LogP contribution in [-0.2, 0) is 11.4 Å². The van der Waals surface area contributed by atoms with Gasteiger partial charge in [-0.15, -0.1) is 0 Å². The summed E-state index contributed by atoms with van der Waals surface area (Å²) in [7, 11) is 0. The van der Waals surface area contributed by atoms with Crippen LogP contribution < -0.4 is 25.2 Å². The van der Waals surface area contributed by atoms with Crippen molar-refractivity contribution in [3.05, 3.63) is 64.9 Å². The molecule has 0 bridgehead atoms. The Labute approximate surface area is 160 Å². The second-order valence-corrected chi connectivity index (χ2v) is 5.88. The first-order chi connectivity index (χ1) is 13.5. The minimum Gasteiger partial charge on any atom is -0.545 e. The van der Waals surface area contributed by atoms with Crippen LogP contribution in [-0.4, -0.2) is 24.5 Å². The molecule has 1 aliphatic rings. The molecule has 0 unspecified atom stereocenters. The summed E-state index contributed by atoms with van der Waals surface area (Å²) in [6.45, 7) is 2.46. The van der Waals surface area contributed by atoms with Crippen LogP contribution in [0.3, 0.4) is 0 Å². The zero-order valence-electron chi connectivity index (χ0n) is 15.0. The van der Waals surface area contributed by atoms with Crippen molar-refractivity contribution < 1.29 is 29.0 Å². The minimum absolute atomic E-state index is 0.0965. The number of carbonyl (C=O) groups excluding carboxylic acids is 3. The summed E-state index contributed by atoms with van der Waals surface area (Å²) >= 11 is 0. The molecule has 0 aromatic heterocycles. The molecule has 8 heteroatoms. The van der Waals surface area contributed by atoms with Crippen LogP contribution in [0.15, 0.2) is 48.2 Å². The number of carbonyl (C=O) groups is 3. The summed E-state index contributed by atoms with van der Waals surface area (Å²) < 4.78 is 11.4. The molecule has 144 valence electrons. The number of benzene rings is 2. The smallest absolute Gasteiger partial charge is 0.326 e. The maximum absolute atomic E-state index is 11.6. The Kier molecular flexibility index (Phi) is 5.59. The molecule has 8 nitrogen and oxygen atoms in total. The van der Waals surface area contributed by atoms with E-state index in [9.17, 15) is 19.5 Å². The van der Waals surface area contributed by atoms with E-state index in [2.05, 4.69) is 10.6 Å². The quantitative estimate of drug-likeness (QED) is 0.550. The monoisotopic (exact) mass is 381 g/mol. The maximum Gasteiger partial charge on any atom is 0.326 e. The molecule has 1 saturated heterocycles. The highest BCUT2D eigenvalue weighted by Gasteiger charge is 2.22. The summed E-state index contributed by atoms with van der Waals surface area (Å²) in [4.78, 5) is 33.6. The lowest BCUT2D eigenvalue weighted by atomic mass is 10.1. The van der Waals surface area contributed by atoms with Crippen molar-refractivity contribution in [2.75, 3.05) is 6.61 Å². The SMILES string of the molecule is CCOc1cc(/C=C2/NC(=O)NC2=O)ccc1OCc1ccc(C(=O)[O-])cc1. The number of nitrogens with one attached hydrogen (secondary N) is 2. The number of imide groups is 1. The average Bonchev–Trinajstić information content (AvgIpc) is 2.98. The Morgan fingerprint density at radius 2 is 1.79 bits per heavy atom. The molecular weight excluding hydrogens is 364 g/mol. The Balaban J connectivity index is 1.75. The number of rotatable bonds is 7. The van der Waals surface area contributed by atoms with Crippen molar-refractivity contribution in [2.45, 2.75) is 13.5 Å². The first-order valence-electron chi connectivity index (χ1n) is 8.50. The second-order valence-electron chi connectivity index (χ2n) is 5.88. The van der Waals surface area contributed by atoms with E-state index in [0.717, 1.165) is 5.56 Å². The number of hydrogen-bond acceptors (Lipinski definition) is 6. The van der Waals surface area contributed by atoms with Crippen LogP contribution in [0.4, 0.5) is 4.79 Å². The van der Waals surface area contributed by atoms with Gasteiger partial charge in [0, 0.05) is 0 Å². The summed E-state index contributed by atoms with van der Waals surface area (Å²) in [5.41, 5.74) is 1.68. The number of amides is 3. The zero-order chi connectivity index (χ0) is 20.1. The molecule has 2 aromatic carbocycles. The van der Waals surface area contributed by atoms with Crippen LogP contribution in [0, 0.1) is 0 Å². The highest BCUT2D eigenvalue weighted by Crippen LogP contribution is 2.30. The average molecular weight is 381 g/mol. The van der Waals surface area contributed by atoms with Crippen molar-refractivity contribution in [1.82, 2.24) is 10.6 Å². The van der Waals surface area contributed by atoms with Gasteiger partial charge in [0.05, 0.1) is 12.6 Å². The lowest BCUT2D eigenvalue weighted by Gasteiger charge is -2.13. The zero-order valence-corrected chi connectivity index (χ0v) is 15.0. The molecule has 0 atom stereocenters. The van der Waals surface area contributed by atoms with Crippen LogP contribution >= 0.6 is 0 Å². The summed E-state index contributed by atoms with van der Waals surface area (Å²) in [6.07, 6.45) is 1.53. The van der Waals surface area contributed by atoms with Crippen molar-refractivity contribution in [3.8, 4) is 11.5 Å². The first-order valence-corrected chi connectivity index (χ1v) is 8.50. The van der Waals surface area contributed by atoms with E-state index >= 15 is 0 Å². The number of urea groups is 1. The van der Waals surface area contributed by atoms with Crippen molar-refractivity contribution in [2.24, 2.45) is 0 Å². The highest BCUT2D eigenvalue weighted by molar-refractivity contribution is 6.14. The number of carboxylic acids is 1. The largest absolute Gasteiger partial charge is 0.545 e. The fourth-order valence-corrected chi connectivity index (χ4v) is 2.55. The molecule has 1 fully saturated rings. The molecule has 0 aliphatic carbocycles. The predicted molar refractivity (Wildman–Crippen MR) is 97.4 cm³/mol. The molecular formula is C20H17N2O6-. The minimum atomic E-state index is -1.23. The van der Waals surface area contributed by atoms with E-state index in [1.165, 1.54) is 18.2 Å². The third kappa shape index (κ3) is 4.47. The normalized spacial score (nSPS) is 14.5. The fourth-order valence-electron chi connectivity index (χ4n) is 2.55. The lowest BCUT2D eigenvalue weighted by Crippen LogP contribution is -2.22. The molecule has 3 rings (SSSR count). The molecule has 0 spiro atoms. The Hall–Kier alpha value is -3.81. The number of aromatic carboxylic acids is 1. The summed E-state index contributed by atoms with van der Waals surface area (Å²) in [5, 5.41) is 15.3. The molecule has 2 N–H and O–H groups in total. The van der Waals surface area contributed by atoms with Crippen LogP contribution in [0.25, 0.3) is 6.08 Å². The van der Waals surface area contributed by atoms with Gasteiger partial charge < -0.3 is 24.7 Å². The van der Waals surface area contributed by atoms with Gasteiger partial charge in [0.1, 0.15) is 12.3 Å². The predicted octanol–water partition coefficient (Wildman–Crippen LogP) is 1.21. The van der Waals surface area contributed by atoms with E-state index in [1.807, 2.05) is 6.92 Å². The van der Waals surface area contributed by atoms with Crippen LogP contribution in [0.5, 0.6) is 11.5 Å². The first kappa shape index (κ1) is 19.0. The Morgan fingerprint density at radius 1 is 1.04 bits per heavy atom. The molecule has 0 radical (unpaired) electrons. The van der Waals surface area contributed by atoms with Crippen molar-refractivity contribution >= 4 is 24.0 Å². The number of carboxylic acid groups (broad SMARTS) is 1. The standard InChI is InChI=1S/C20H18N2O6/c1-2-27-17-10-13(9-15-18(23)22-20(26)21-15)5-8-16(17)28-11-12-3-6-14(7-4-12)19(24)25/h3-10H,2,11H2,1H3,(H,24,25)(H2,21,22,23,26)/p-1/b15-9+. The number of hydrogen-bond donors (Lipinski definition) is 2. The molecule has 1 heterocycles. The van der Waals surface area contributed by atoms with Crippen LogP contribution in [0.2, 0.25) is 0 Å². The maximum atomic E-state index is 11.6. The van der Waals surface area contributed by atoms with E-state index < -0.39 is 17.9 Å². The third-order valence-electron chi connectivity index (χ3n) is 3.88. The topological polar surface area (TPSA) is 117 Å². The fraction of sp³-hybridized carbons (Fsp3) is 0.150. The van der Waals surface area contributed by atoms with Crippen LogP contribution in [0.1, 0.15) is 28.4 Å². The molecule has 3 amide bonds. The lowest BCUT2D eigenvalue weighted by molar-refractivity contribution is -0.255.